The second-order valence-electron chi connectivity index (χ2n) is 6.37. The van der Waals surface area contributed by atoms with Gasteiger partial charge in [-0.2, -0.15) is 0 Å². The molecule has 2 heterocycles. The van der Waals surface area contributed by atoms with Gasteiger partial charge in [-0.1, -0.05) is 6.92 Å². The monoisotopic (exact) mass is 251 g/mol. The first-order valence-corrected chi connectivity index (χ1v) is 7.46. The van der Waals surface area contributed by atoms with Gasteiger partial charge < -0.3 is 15.5 Å². The van der Waals surface area contributed by atoms with Gasteiger partial charge in [0.05, 0.1) is 5.92 Å². The van der Waals surface area contributed by atoms with Gasteiger partial charge in [-0.25, -0.2) is 0 Å². The van der Waals surface area contributed by atoms with Crippen molar-refractivity contribution in [3.8, 4) is 0 Å². The minimum atomic E-state index is 0.186. The largest absolute Gasteiger partial charge is 0.355 e. The van der Waals surface area contributed by atoms with Crippen molar-refractivity contribution in [2.75, 3.05) is 32.7 Å². The van der Waals surface area contributed by atoms with E-state index in [0.29, 0.717) is 11.8 Å². The van der Waals surface area contributed by atoms with Gasteiger partial charge >= 0.3 is 0 Å². The highest BCUT2D eigenvalue weighted by Crippen LogP contribution is 2.31. The average Bonchev–Trinajstić information content (AvgIpc) is 2.95. The zero-order valence-electron chi connectivity index (χ0n) is 11.3. The molecule has 2 aliphatic heterocycles. The highest BCUT2D eigenvalue weighted by Gasteiger charge is 2.35. The molecule has 4 heteroatoms. The van der Waals surface area contributed by atoms with Gasteiger partial charge in [-0.05, 0) is 44.2 Å². The minimum Gasteiger partial charge on any atom is -0.355 e. The minimum absolute atomic E-state index is 0.186. The third kappa shape index (κ3) is 2.69. The van der Waals surface area contributed by atoms with Crippen LogP contribution in [0.15, 0.2) is 0 Å². The number of carbonyl (C=O) groups is 1. The summed E-state index contributed by atoms with van der Waals surface area (Å²) < 4.78 is 0. The van der Waals surface area contributed by atoms with Crippen LogP contribution in [0.2, 0.25) is 0 Å². The summed E-state index contributed by atoms with van der Waals surface area (Å²) in [5.41, 5.74) is 0. The molecule has 1 aliphatic carbocycles. The van der Waals surface area contributed by atoms with Crippen molar-refractivity contribution in [2.24, 2.45) is 17.8 Å². The topological polar surface area (TPSA) is 44.4 Å². The SMILES string of the molecule is CC1CNCC1C(=O)NCC1CCN(C2CC2)C1. The first-order valence-electron chi connectivity index (χ1n) is 7.46. The summed E-state index contributed by atoms with van der Waals surface area (Å²) in [4.78, 5) is 14.7. The van der Waals surface area contributed by atoms with E-state index in [9.17, 15) is 4.79 Å². The first kappa shape index (κ1) is 12.4. The van der Waals surface area contributed by atoms with Gasteiger partial charge in [0, 0.05) is 25.7 Å². The Labute approximate surface area is 109 Å². The molecule has 2 N–H and O–H groups in total. The molecule has 4 nitrogen and oxygen atoms in total. The van der Waals surface area contributed by atoms with E-state index in [4.69, 9.17) is 0 Å². The summed E-state index contributed by atoms with van der Waals surface area (Å²) in [5.74, 6) is 1.61. The average molecular weight is 251 g/mol. The van der Waals surface area contributed by atoms with Crippen molar-refractivity contribution in [3.05, 3.63) is 0 Å². The zero-order chi connectivity index (χ0) is 12.5. The molecule has 2 saturated heterocycles. The Balaban J connectivity index is 1.40. The molecule has 1 saturated carbocycles. The second kappa shape index (κ2) is 5.17. The van der Waals surface area contributed by atoms with Crippen LogP contribution in [0.25, 0.3) is 0 Å². The lowest BCUT2D eigenvalue weighted by Crippen LogP contribution is -2.37. The standard InChI is InChI=1S/C14H25N3O/c1-10-6-15-8-13(10)14(18)16-7-11-4-5-17(9-11)12-2-3-12/h10-13,15H,2-9H2,1H3,(H,16,18). The molecule has 0 aromatic carbocycles. The van der Waals surface area contributed by atoms with E-state index < -0.39 is 0 Å². The van der Waals surface area contributed by atoms with Gasteiger partial charge in [0.1, 0.15) is 0 Å². The Morgan fingerprint density at radius 1 is 1.33 bits per heavy atom. The molecule has 3 aliphatic rings. The lowest BCUT2D eigenvalue weighted by atomic mass is 9.97. The van der Waals surface area contributed by atoms with Crippen molar-refractivity contribution in [1.29, 1.82) is 0 Å². The van der Waals surface area contributed by atoms with Crippen molar-refractivity contribution in [3.63, 3.8) is 0 Å². The molecule has 3 unspecified atom stereocenters. The lowest BCUT2D eigenvalue weighted by molar-refractivity contribution is -0.125. The summed E-state index contributed by atoms with van der Waals surface area (Å²) in [6, 6.07) is 0.879. The van der Waals surface area contributed by atoms with Crippen LogP contribution in [0.1, 0.15) is 26.2 Å². The number of hydrogen-bond acceptors (Lipinski definition) is 3. The predicted molar refractivity (Wildman–Crippen MR) is 71.2 cm³/mol. The van der Waals surface area contributed by atoms with Crippen LogP contribution < -0.4 is 10.6 Å². The van der Waals surface area contributed by atoms with Gasteiger partial charge in [0.15, 0.2) is 0 Å². The normalized spacial score (nSPS) is 37.1. The summed E-state index contributed by atoms with van der Waals surface area (Å²) in [6.07, 6.45) is 4.05. The van der Waals surface area contributed by atoms with Gasteiger partial charge in [0.2, 0.25) is 5.91 Å². The Bertz CT molecular complexity index is 316. The van der Waals surface area contributed by atoms with E-state index in [1.807, 2.05) is 0 Å². The molecule has 3 atom stereocenters. The van der Waals surface area contributed by atoms with Gasteiger partial charge in [-0.15, -0.1) is 0 Å². The fourth-order valence-corrected chi connectivity index (χ4v) is 3.34. The first-order chi connectivity index (χ1) is 8.74. The van der Waals surface area contributed by atoms with Crippen molar-refractivity contribution in [2.45, 2.75) is 32.2 Å². The molecule has 0 bridgehead atoms. The summed E-state index contributed by atoms with van der Waals surface area (Å²) in [5, 5.41) is 6.46. The van der Waals surface area contributed by atoms with E-state index in [1.54, 1.807) is 0 Å². The van der Waals surface area contributed by atoms with Gasteiger partial charge in [0.25, 0.3) is 0 Å². The van der Waals surface area contributed by atoms with E-state index in [1.165, 1.54) is 32.4 Å². The molecule has 102 valence electrons. The van der Waals surface area contributed by atoms with E-state index in [2.05, 4.69) is 22.5 Å². The smallest absolute Gasteiger partial charge is 0.224 e. The molecule has 0 spiro atoms. The highest BCUT2D eigenvalue weighted by molar-refractivity contribution is 5.79. The van der Waals surface area contributed by atoms with Crippen molar-refractivity contribution < 1.29 is 4.79 Å². The molecule has 18 heavy (non-hydrogen) atoms. The molecule has 0 radical (unpaired) electrons. The zero-order valence-corrected chi connectivity index (χ0v) is 11.3. The second-order valence-corrected chi connectivity index (χ2v) is 6.37. The molecule has 0 aromatic rings. The Morgan fingerprint density at radius 3 is 2.83 bits per heavy atom. The number of nitrogens with one attached hydrogen (secondary N) is 2. The maximum absolute atomic E-state index is 12.1. The number of carbonyl (C=O) groups excluding carboxylic acids is 1. The maximum Gasteiger partial charge on any atom is 0.224 e. The number of hydrogen-bond donors (Lipinski definition) is 2. The Morgan fingerprint density at radius 2 is 2.17 bits per heavy atom. The van der Waals surface area contributed by atoms with Crippen LogP contribution >= 0.6 is 0 Å². The maximum atomic E-state index is 12.1. The number of nitrogens with zero attached hydrogens (tertiary/aromatic N) is 1. The van der Waals surface area contributed by atoms with Crippen LogP contribution in [0.3, 0.4) is 0 Å². The Kier molecular flexibility index (Phi) is 3.57. The number of likely N-dealkylation sites (tertiary alicyclic amines) is 1. The lowest BCUT2D eigenvalue weighted by Gasteiger charge is -2.17. The predicted octanol–water partition coefficient (Wildman–Crippen LogP) is 0.442. The summed E-state index contributed by atoms with van der Waals surface area (Å²) in [7, 11) is 0. The van der Waals surface area contributed by atoms with Crippen LogP contribution in [0, 0.1) is 17.8 Å². The number of amides is 1. The van der Waals surface area contributed by atoms with E-state index in [0.717, 1.165) is 25.7 Å². The van der Waals surface area contributed by atoms with Crippen LogP contribution in [-0.2, 0) is 4.79 Å². The van der Waals surface area contributed by atoms with Crippen LogP contribution in [0.4, 0.5) is 0 Å². The third-order valence-corrected chi connectivity index (χ3v) is 4.80. The summed E-state index contributed by atoms with van der Waals surface area (Å²) >= 11 is 0. The summed E-state index contributed by atoms with van der Waals surface area (Å²) in [6.45, 7) is 7.32. The molecular formula is C14H25N3O. The van der Waals surface area contributed by atoms with E-state index in [-0.39, 0.29) is 11.8 Å². The quantitative estimate of drug-likeness (QED) is 0.762. The van der Waals surface area contributed by atoms with Gasteiger partial charge in [-0.3, -0.25) is 4.79 Å². The third-order valence-electron chi connectivity index (χ3n) is 4.80. The van der Waals surface area contributed by atoms with Crippen LogP contribution in [-0.4, -0.2) is 49.6 Å². The molecule has 3 rings (SSSR count). The number of rotatable bonds is 4. The fourth-order valence-electron chi connectivity index (χ4n) is 3.34. The van der Waals surface area contributed by atoms with Crippen molar-refractivity contribution in [1.82, 2.24) is 15.5 Å². The molecule has 0 aromatic heterocycles. The highest BCUT2D eigenvalue weighted by atomic mass is 16.1. The molecule has 1 amide bonds. The molecular weight excluding hydrogens is 226 g/mol. The Hall–Kier alpha value is -0.610. The van der Waals surface area contributed by atoms with Crippen LogP contribution in [0.5, 0.6) is 0 Å². The fraction of sp³-hybridized carbons (Fsp3) is 0.929. The molecule has 3 fully saturated rings. The van der Waals surface area contributed by atoms with E-state index >= 15 is 0 Å². The van der Waals surface area contributed by atoms with Crippen molar-refractivity contribution >= 4 is 5.91 Å².